The van der Waals surface area contributed by atoms with Crippen molar-refractivity contribution in [1.29, 1.82) is 0 Å². The molecule has 2 aromatic heterocycles. The molecule has 0 aliphatic heterocycles. The van der Waals surface area contributed by atoms with Crippen LogP contribution >= 0.6 is 0 Å². The molecule has 4 nitrogen and oxygen atoms in total. The van der Waals surface area contributed by atoms with E-state index in [0.717, 1.165) is 61.6 Å². The normalized spacial score (nSPS) is 12.6. The third-order valence-corrected chi connectivity index (χ3v) is 13.7. The number of aromatic hydroxyl groups is 1. The van der Waals surface area contributed by atoms with Gasteiger partial charge in [-0.1, -0.05) is 191 Å². The Hall–Kier alpha value is -7.04. The molecule has 2 heterocycles. The van der Waals surface area contributed by atoms with Crippen LogP contribution in [0.4, 0.5) is 0 Å². The van der Waals surface area contributed by atoms with E-state index in [2.05, 4.69) is 232 Å². The van der Waals surface area contributed by atoms with Crippen molar-refractivity contribution in [2.75, 3.05) is 0 Å². The fourth-order valence-corrected chi connectivity index (χ4v) is 9.71. The van der Waals surface area contributed by atoms with E-state index in [1.165, 1.54) is 38.9 Å². The number of phenols is 1. The minimum absolute atomic E-state index is 0.149. The second-order valence-corrected chi connectivity index (χ2v) is 21.3. The average molecular weight is 892 g/mol. The molecule has 1 unspecified atom stereocenters. The minimum Gasteiger partial charge on any atom is -0.507 e. The molecule has 1 N–H and O–H groups in total. The number of rotatable bonds is 10. The smallest absolute Gasteiger partial charge is 0.149 e. The molecule has 68 heavy (non-hydrogen) atoms. The summed E-state index contributed by atoms with van der Waals surface area (Å²) in [5.74, 6) is 1.67. The molecule has 1 atom stereocenters. The Kier molecular flexibility index (Phi) is 12.3. The third kappa shape index (κ3) is 8.93. The molecule has 0 bridgehead atoms. The number of nitrogens with zero attached hydrogens (tertiary/aromatic N) is 3. The van der Waals surface area contributed by atoms with Crippen molar-refractivity contribution in [2.45, 2.75) is 105 Å². The van der Waals surface area contributed by atoms with Gasteiger partial charge in [-0.15, -0.1) is 0 Å². The monoisotopic (exact) mass is 892 g/mol. The standard InChI is InChI=1S/C64H65N3O/c1-40(2)54-37-48(45-22-16-13-17-23-45)38-55(41(3)4)60(54)67-58-27-19-24-52(59(58)66-62(67)53-25-18-26-56(61(53)68)64(9,10)11)49-34-50(36-51(35-49)63(6,7)8)57-39-47(32-33-65-57)46-30-28-44(29-31-46)42(5)43-20-14-12-15-21-43/h12-42,68H,1-11H3. The van der Waals surface area contributed by atoms with Crippen molar-refractivity contribution in [3.8, 4) is 67.5 Å². The quantitative estimate of drug-likeness (QED) is 0.149. The first-order chi connectivity index (χ1) is 32.5. The summed E-state index contributed by atoms with van der Waals surface area (Å²) in [7, 11) is 0. The van der Waals surface area contributed by atoms with E-state index >= 15 is 0 Å². The van der Waals surface area contributed by atoms with Crippen molar-refractivity contribution in [3.63, 3.8) is 0 Å². The number of hydrogen-bond donors (Lipinski definition) is 1. The summed E-state index contributed by atoms with van der Waals surface area (Å²) in [4.78, 5) is 10.7. The van der Waals surface area contributed by atoms with E-state index in [9.17, 15) is 5.11 Å². The summed E-state index contributed by atoms with van der Waals surface area (Å²) >= 11 is 0. The van der Waals surface area contributed by atoms with E-state index in [1.54, 1.807) is 0 Å². The maximum absolute atomic E-state index is 12.3. The summed E-state index contributed by atoms with van der Waals surface area (Å²) in [5, 5.41) is 12.3. The van der Waals surface area contributed by atoms with Crippen LogP contribution in [-0.4, -0.2) is 19.6 Å². The van der Waals surface area contributed by atoms with Crippen LogP contribution in [0.25, 0.3) is 72.7 Å². The van der Waals surface area contributed by atoms with E-state index in [-0.39, 0.29) is 28.4 Å². The van der Waals surface area contributed by atoms with Crippen molar-refractivity contribution in [3.05, 3.63) is 203 Å². The summed E-state index contributed by atoms with van der Waals surface area (Å²) in [6, 6.07) is 59.0. The molecule has 0 aliphatic carbocycles. The SMILES string of the molecule is CC(C)c1cc(-c2ccccc2)cc(C(C)C)c1-n1c(-c2cccc(C(C)(C)C)c2O)nc2c(-c3cc(-c4cc(-c5ccc(C(C)c6ccccc6)cc5)ccn4)cc(C(C)(C)C)c3)cccc21. The van der Waals surface area contributed by atoms with Gasteiger partial charge >= 0.3 is 0 Å². The largest absolute Gasteiger partial charge is 0.507 e. The molecule has 342 valence electrons. The summed E-state index contributed by atoms with van der Waals surface area (Å²) in [6.45, 7) is 24.7. The molecular weight excluding hydrogens is 827 g/mol. The van der Waals surface area contributed by atoms with Crippen LogP contribution in [0.15, 0.2) is 170 Å². The van der Waals surface area contributed by atoms with Gasteiger partial charge in [-0.2, -0.15) is 0 Å². The molecule has 0 saturated heterocycles. The number of fused-ring (bicyclic) bond motifs is 1. The van der Waals surface area contributed by atoms with Crippen molar-refractivity contribution >= 4 is 11.0 Å². The molecular formula is C64H65N3O. The second kappa shape index (κ2) is 18.2. The number of hydrogen-bond acceptors (Lipinski definition) is 3. The van der Waals surface area contributed by atoms with Gasteiger partial charge in [0.15, 0.2) is 0 Å². The molecule has 0 aliphatic rings. The van der Waals surface area contributed by atoms with Gasteiger partial charge in [-0.3, -0.25) is 9.55 Å². The summed E-state index contributed by atoms with van der Waals surface area (Å²) < 4.78 is 2.35. The average Bonchev–Trinajstić information content (AvgIpc) is 3.72. The molecule has 0 saturated carbocycles. The molecule has 0 fully saturated rings. The highest BCUT2D eigenvalue weighted by molar-refractivity contribution is 5.97. The lowest BCUT2D eigenvalue weighted by atomic mass is 9.83. The maximum Gasteiger partial charge on any atom is 0.149 e. The zero-order valence-electron chi connectivity index (χ0n) is 41.7. The molecule has 0 radical (unpaired) electrons. The Morgan fingerprint density at radius 1 is 0.485 bits per heavy atom. The van der Waals surface area contributed by atoms with Gasteiger partial charge in [-0.05, 0) is 132 Å². The zero-order valence-corrected chi connectivity index (χ0v) is 41.7. The third-order valence-electron chi connectivity index (χ3n) is 13.7. The number of benzene rings is 7. The van der Waals surface area contributed by atoms with E-state index in [1.807, 2.05) is 18.3 Å². The Balaban J connectivity index is 1.25. The minimum atomic E-state index is -0.287. The Labute approximate surface area is 404 Å². The van der Waals surface area contributed by atoms with Crippen LogP contribution < -0.4 is 0 Å². The maximum atomic E-state index is 12.3. The van der Waals surface area contributed by atoms with Crippen LogP contribution in [0.1, 0.15) is 127 Å². The molecule has 4 heteroatoms. The van der Waals surface area contributed by atoms with E-state index in [4.69, 9.17) is 9.97 Å². The van der Waals surface area contributed by atoms with E-state index in [0.29, 0.717) is 11.5 Å². The predicted octanol–water partition coefficient (Wildman–Crippen LogP) is 17.5. The number of aromatic nitrogens is 3. The van der Waals surface area contributed by atoms with Crippen molar-refractivity contribution in [1.82, 2.24) is 14.5 Å². The number of phenolic OH excluding ortho intramolecular Hbond substituents is 1. The van der Waals surface area contributed by atoms with Gasteiger partial charge in [0.2, 0.25) is 0 Å². The first-order valence-electron chi connectivity index (χ1n) is 24.3. The Bertz CT molecular complexity index is 3220. The molecule has 9 rings (SSSR count). The topological polar surface area (TPSA) is 50.9 Å². The number of pyridine rings is 1. The van der Waals surface area contributed by atoms with Crippen LogP contribution in [0, 0.1) is 0 Å². The molecule has 0 amide bonds. The predicted molar refractivity (Wildman–Crippen MR) is 287 cm³/mol. The Morgan fingerprint density at radius 3 is 1.71 bits per heavy atom. The van der Waals surface area contributed by atoms with Gasteiger partial charge in [0, 0.05) is 23.2 Å². The summed E-state index contributed by atoms with van der Waals surface area (Å²) in [6.07, 6.45) is 1.93. The molecule has 9 aromatic rings. The zero-order chi connectivity index (χ0) is 48.1. The lowest BCUT2D eigenvalue weighted by Crippen LogP contribution is -2.12. The first kappa shape index (κ1) is 46.1. The van der Waals surface area contributed by atoms with Gasteiger partial charge < -0.3 is 5.11 Å². The fraction of sp³-hybridized carbons (Fsp3) is 0.250. The number of imidazole rings is 1. The van der Waals surface area contributed by atoms with Gasteiger partial charge in [0.1, 0.15) is 11.6 Å². The summed E-state index contributed by atoms with van der Waals surface area (Å²) in [5.41, 5.74) is 19.2. The Morgan fingerprint density at radius 2 is 1.07 bits per heavy atom. The first-order valence-corrected chi connectivity index (χ1v) is 24.3. The van der Waals surface area contributed by atoms with Crippen LogP contribution in [-0.2, 0) is 10.8 Å². The highest BCUT2D eigenvalue weighted by Gasteiger charge is 2.29. The van der Waals surface area contributed by atoms with E-state index < -0.39 is 0 Å². The van der Waals surface area contributed by atoms with Gasteiger partial charge in [-0.25, -0.2) is 4.98 Å². The van der Waals surface area contributed by atoms with Crippen molar-refractivity contribution in [2.24, 2.45) is 0 Å². The van der Waals surface area contributed by atoms with Crippen LogP contribution in [0.3, 0.4) is 0 Å². The van der Waals surface area contributed by atoms with Gasteiger partial charge in [0.05, 0.1) is 28.0 Å². The molecule has 0 spiro atoms. The second-order valence-electron chi connectivity index (χ2n) is 21.3. The lowest BCUT2D eigenvalue weighted by Gasteiger charge is -2.25. The van der Waals surface area contributed by atoms with Crippen LogP contribution in [0.2, 0.25) is 0 Å². The van der Waals surface area contributed by atoms with Gasteiger partial charge in [0.25, 0.3) is 0 Å². The lowest BCUT2D eigenvalue weighted by molar-refractivity contribution is 0.448. The fourth-order valence-electron chi connectivity index (χ4n) is 9.71. The highest BCUT2D eigenvalue weighted by atomic mass is 16.3. The molecule has 7 aromatic carbocycles. The van der Waals surface area contributed by atoms with Crippen molar-refractivity contribution < 1.29 is 5.11 Å². The number of para-hydroxylation sites is 2. The highest BCUT2D eigenvalue weighted by Crippen LogP contribution is 2.46. The van der Waals surface area contributed by atoms with Crippen LogP contribution in [0.5, 0.6) is 5.75 Å².